The molecular weight excluding hydrogens is 370 g/mol. The maximum atomic E-state index is 11.7. The van der Waals surface area contributed by atoms with E-state index >= 15 is 0 Å². The van der Waals surface area contributed by atoms with Crippen LogP contribution in [0.2, 0.25) is 0 Å². The molecule has 0 unspecified atom stereocenters. The summed E-state index contributed by atoms with van der Waals surface area (Å²) < 4.78 is 12.9. The Bertz CT molecular complexity index is 1210. The molecule has 5 rings (SSSR count). The van der Waals surface area contributed by atoms with Gasteiger partial charge in [-0.1, -0.05) is 24.3 Å². The Balaban J connectivity index is 1.49. The molecule has 1 aromatic carbocycles. The van der Waals surface area contributed by atoms with Crippen molar-refractivity contribution in [3.63, 3.8) is 0 Å². The number of fused-ring (bicyclic) bond motifs is 2. The van der Waals surface area contributed by atoms with Gasteiger partial charge in [-0.2, -0.15) is 0 Å². The molecule has 3 aromatic heterocycles. The Hall–Kier alpha value is -3.52. The second-order valence-corrected chi connectivity index (χ2v) is 6.94. The lowest BCUT2D eigenvalue weighted by Crippen LogP contribution is -2.31. The summed E-state index contributed by atoms with van der Waals surface area (Å²) in [6.07, 6.45) is 2.33. The predicted molar refractivity (Wildman–Crippen MR) is 107 cm³/mol. The lowest BCUT2D eigenvalue weighted by molar-refractivity contribution is -0.142. The zero-order valence-electron chi connectivity index (χ0n) is 15.8. The normalized spacial score (nSPS) is 18.9. The molecule has 0 aliphatic carbocycles. The molecule has 4 aromatic rings. The fraction of sp³-hybridized carbons (Fsp3) is 0.238. The first kappa shape index (κ1) is 17.6. The Morgan fingerprint density at radius 2 is 2.07 bits per heavy atom. The number of benzene rings is 1. The third-order valence-electron chi connectivity index (χ3n) is 5.10. The SMILES string of the molecule is COC(=O)[C@@H]1C[C@@H](Oc2cccc3ccc(-c4nnc5ccccn45)nc23)CN1. The van der Waals surface area contributed by atoms with Crippen LogP contribution in [0.15, 0.2) is 54.7 Å². The first-order chi connectivity index (χ1) is 14.2. The van der Waals surface area contributed by atoms with Gasteiger partial charge in [0, 0.05) is 24.5 Å². The highest BCUT2D eigenvalue weighted by Crippen LogP contribution is 2.29. The number of pyridine rings is 2. The Labute approximate surface area is 166 Å². The Morgan fingerprint density at radius 1 is 1.14 bits per heavy atom. The number of ether oxygens (including phenoxy) is 2. The molecule has 0 spiro atoms. The van der Waals surface area contributed by atoms with E-state index in [9.17, 15) is 4.79 Å². The van der Waals surface area contributed by atoms with Gasteiger partial charge in [0.25, 0.3) is 0 Å². The number of carbonyl (C=O) groups is 1. The molecule has 1 N–H and O–H groups in total. The topological polar surface area (TPSA) is 90.6 Å². The van der Waals surface area contributed by atoms with Gasteiger partial charge in [0.05, 0.1) is 7.11 Å². The number of hydrogen-bond donors (Lipinski definition) is 1. The maximum Gasteiger partial charge on any atom is 0.323 e. The third kappa shape index (κ3) is 3.17. The van der Waals surface area contributed by atoms with E-state index in [0.717, 1.165) is 16.6 Å². The molecule has 8 nitrogen and oxygen atoms in total. The largest absolute Gasteiger partial charge is 0.487 e. The van der Waals surface area contributed by atoms with Gasteiger partial charge < -0.3 is 14.8 Å². The zero-order chi connectivity index (χ0) is 19.8. The van der Waals surface area contributed by atoms with Gasteiger partial charge in [-0.3, -0.25) is 9.20 Å². The van der Waals surface area contributed by atoms with Crippen molar-refractivity contribution >= 4 is 22.5 Å². The van der Waals surface area contributed by atoms with Crippen LogP contribution >= 0.6 is 0 Å². The molecule has 29 heavy (non-hydrogen) atoms. The molecule has 1 aliphatic rings. The van der Waals surface area contributed by atoms with Gasteiger partial charge >= 0.3 is 5.97 Å². The van der Waals surface area contributed by atoms with Gasteiger partial charge in [0.1, 0.15) is 29.1 Å². The van der Waals surface area contributed by atoms with E-state index < -0.39 is 0 Å². The number of esters is 1. The van der Waals surface area contributed by atoms with Gasteiger partial charge in [0.2, 0.25) is 0 Å². The van der Waals surface area contributed by atoms with Crippen LogP contribution in [-0.2, 0) is 9.53 Å². The lowest BCUT2D eigenvalue weighted by atomic mass is 10.1. The van der Waals surface area contributed by atoms with Crippen molar-refractivity contribution in [2.45, 2.75) is 18.6 Å². The lowest BCUT2D eigenvalue weighted by Gasteiger charge is -2.14. The molecule has 2 atom stereocenters. The van der Waals surface area contributed by atoms with Crippen LogP contribution in [0.3, 0.4) is 0 Å². The predicted octanol–water partition coefficient (Wildman–Crippen LogP) is 2.23. The quantitative estimate of drug-likeness (QED) is 0.535. The summed E-state index contributed by atoms with van der Waals surface area (Å²) in [5, 5.41) is 12.6. The first-order valence-corrected chi connectivity index (χ1v) is 9.41. The minimum Gasteiger partial charge on any atom is -0.487 e. The molecule has 0 bridgehead atoms. The van der Waals surface area contributed by atoms with Crippen LogP contribution in [0.1, 0.15) is 6.42 Å². The summed E-state index contributed by atoms with van der Waals surface area (Å²) >= 11 is 0. The van der Waals surface area contributed by atoms with E-state index in [4.69, 9.17) is 14.5 Å². The van der Waals surface area contributed by atoms with Crippen LogP contribution < -0.4 is 10.1 Å². The van der Waals surface area contributed by atoms with E-state index in [0.29, 0.717) is 30.2 Å². The zero-order valence-corrected chi connectivity index (χ0v) is 15.8. The average molecular weight is 389 g/mol. The molecule has 0 saturated carbocycles. The highest BCUT2D eigenvalue weighted by atomic mass is 16.5. The molecule has 146 valence electrons. The van der Waals surface area contributed by atoms with Crippen molar-refractivity contribution in [1.29, 1.82) is 0 Å². The summed E-state index contributed by atoms with van der Waals surface area (Å²) in [4.78, 5) is 16.6. The van der Waals surface area contributed by atoms with Crippen LogP contribution in [-0.4, -0.2) is 51.4 Å². The number of nitrogens with one attached hydrogen (secondary N) is 1. The summed E-state index contributed by atoms with van der Waals surface area (Å²) in [5.74, 6) is 1.08. The molecule has 4 heterocycles. The van der Waals surface area contributed by atoms with Gasteiger partial charge in [-0.15, -0.1) is 10.2 Å². The second-order valence-electron chi connectivity index (χ2n) is 6.94. The van der Waals surface area contributed by atoms with Crippen molar-refractivity contribution in [3.05, 3.63) is 54.7 Å². The van der Waals surface area contributed by atoms with Crippen molar-refractivity contribution in [3.8, 4) is 17.3 Å². The van der Waals surface area contributed by atoms with Crippen molar-refractivity contribution < 1.29 is 14.3 Å². The monoisotopic (exact) mass is 389 g/mol. The fourth-order valence-corrected chi connectivity index (χ4v) is 3.65. The fourth-order valence-electron chi connectivity index (χ4n) is 3.65. The molecule has 1 saturated heterocycles. The van der Waals surface area contributed by atoms with E-state index in [1.165, 1.54) is 7.11 Å². The number of nitrogens with zero attached hydrogens (tertiary/aromatic N) is 4. The molecule has 0 amide bonds. The molecule has 1 fully saturated rings. The summed E-state index contributed by atoms with van der Waals surface area (Å²) in [5.41, 5.74) is 2.23. The van der Waals surface area contributed by atoms with Crippen LogP contribution in [0.25, 0.3) is 28.1 Å². The van der Waals surface area contributed by atoms with Crippen LogP contribution in [0.5, 0.6) is 5.75 Å². The van der Waals surface area contributed by atoms with E-state index in [2.05, 4.69) is 15.5 Å². The van der Waals surface area contributed by atoms with Gasteiger partial charge in [-0.25, -0.2) is 4.98 Å². The number of rotatable bonds is 4. The molecular formula is C21H19N5O3. The van der Waals surface area contributed by atoms with Crippen molar-refractivity contribution in [1.82, 2.24) is 24.9 Å². The van der Waals surface area contributed by atoms with Gasteiger partial charge in [0.15, 0.2) is 11.5 Å². The van der Waals surface area contributed by atoms with E-state index in [-0.39, 0.29) is 18.1 Å². The third-order valence-corrected chi connectivity index (χ3v) is 5.10. The van der Waals surface area contributed by atoms with Crippen LogP contribution in [0.4, 0.5) is 0 Å². The van der Waals surface area contributed by atoms with E-state index in [1.807, 2.05) is 59.1 Å². The van der Waals surface area contributed by atoms with Crippen LogP contribution in [0, 0.1) is 0 Å². The smallest absolute Gasteiger partial charge is 0.323 e. The molecule has 1 aliphatic heterocycles. The number of para-hydroxylation sites is 1. The van der Waals surface area contributed by atoms with Crippen molar-refractivity contribution in [2.75, 3.05) is 13.7 Å². The Morgan fingerprint density at radius 3 is 2.97 bits per heavy atom. The second kappa shape index (κ2) is 7.14. The standard InChI is InChI=1S/C21H19N5O3/c1-28-21(27)16-11-14(12-22-16)29-17-6-4-5-13-8-9-15(23-19(13)17)20-25-24-18-7-2-3-10-26(18)20/h2-10,14,16,22H,11-12H2,1H3/t14-,16+/m1/s1. The van der Waals surface area contributed by atoms with Crippen molar-refractivity contribution in [2.24, 2.45) is 0 Å². The minimum absolute atomic E-state index is 0.135. The van der Waals surface area contributed by atoms with E-state index in [1.54, 1.807) is 0 Å². The number of carbonyl (C=O) groups excluding carboxylic acids is 1. The molecule has 0 radical (unpaired) electrons. The highest BCUT2D eigenvalue weighted by Gasteiger charge is 2.31. The average Bonchev–Trinajstić information content (AvgIpc) is 3.40. The summed E-state index contributed by atoms with van der Waals surface area (Å²) in [6, 6.07) is 15.2. The first-order valence-electron chi connectivity index (χ1n) is 9.41. The minimum atomic E-state index is -0.342. The van der Waals surface area contributed by atoms with Gasteiger partial charge in [-0.05, 0) is 24.3 Å². The summed E-state index contributed by atoms with van der Waals surface area (Å²) in [6.45, 7) is 0.574. The number of aromatic nitrogens is 4. The maximum absolute atomic E-state index is 11.7. The molecule has 8 heteroatoms. The number of hydrogen-bond acceptors (Lipinski definition) is 7. The highest BCUT2D eigenvalue weighted by molar-refractivity contribution is 5.86. The number of methoxy groups -OCH3 is 1. The summed E-state index contributed by atoms with van der Waals surface area (Å²) in [7, 11) is 1.39. The Kier molecular flexibility index (Phi) is 4.33.